The van der Waals surface area contributed by atoms with Gasteiger partial charge in [-0.15, -0.1) is 0 Å². The zero-order valence-electron chi connectivity index (χ0n) is 19.1. The Labute approximate surface area is 192 Å². The normalized spacial score (nSPS) is 18.7. The van der Waals surface area contributed by atoms with Gasteiger partial charge in [-0.1, -0.05) is 30.3 Å². The Morgan fingerprint density at radius 2 is 1.94 bits per heavy atom. The van der Waals surface area contributed by atoms with E-state index in [1.54, 1.807) is 0 Å². The van der Waals surface area contributed by atoms with Crippen molar-refractivity contribution in [3.05, 3.63) is 41.5 Å². The summed E-state index contributed by atoms with van der Waals surface area (Å²) in [4.78, 5) is 22.4. The molecule has 5 rings (SSSR count). The Kier molecular flexibility index (Phi) is 5.22. The van der Waals surface area contributed by atoms with Gasteiger partial charge in [0.25, 0.3) is 6.01 Å². The minimum Gasteiger partial charge on any atom is -0.481 e. The molecule has 3 heterocycles. The molecule has 2 aromatic carbocycles. The molecule has 0 aliphatic carbocycles. The van der Waals surface area contributed by atoms with E-state index in [1.807, 2.05) is 30.0 Å². The molecule has 8 heteroatoms. The van der Waals surface area contributed by atoms with Gasteiger partial charge in [0.2, 0.25) is 0 Å². The van der Waals surface area contributed by atoms with Crippen LogP contribution in [0.5, 0.6) is 0 Å². The molecule has 1 unspecified atom stereocenters. The maximum Gasteiger partial charge on any atom is 0.310 e. The third kappa shape index (κ3) is 3.49. The van der Waals surface area contributed by atoms with Crippen molar-refractivity contribution in [1.29, 1.82) is 5.26 Å². The van der Waals surface area contributed by atoms with Crippen LogP contribution in [0, 0.1) is 24.2 Å². The van der Waals surface area contributed by atoms with Crippen LogP contribution in [0.3, 0.4) is 0 Å². The number of carboxylic acid groups (broad SMARTS) is 1. The molecule has 2 aliphatic heterocycles. The third-order valence-electron chi connectivity index (χ3n) is 6.94. The summed E-state index contributed by atoms with van der Waals surface area (Å²) in [5.74, 6) is -1.23. The molecule has 2 fully saturated rings. The maximum absolute atomic E-state index is 11.3. The number of fused-ring (bicyclic) bond motifs is 1. The first-order valence-corrected chi connectivity index (χ1v) is 11.2. The van der Waals surface area contributed by atoms with E-state index in [1.165, 1.54) is 0 Å². The smallest absolute Gasteiger partial charge is 0.310 e. The second-order valence-corrected chi connectivity index (χ2v) is 9.17. The number of carboxylic acids is 1. The molecular formula is C25H27N5O3. The van der Waals surface area contributed by atoms with Crippen LogP contribution in [0.1, 0.15) is 17.5 Å². The van der Waals surface area contributed by atoms with Crippen molar-refractivity contribution in [3.8, 4) is 17.2 Å². The number of rotatable bonds is 5. The van der Waals surface area contributed by atoms with Crippen molar-refractivity contribution < 1.29 is 14.3 Å². The molecule has 1 atom stereocenters. The van der Waals surface area contributed by atoms with Crippen LogP contribution in [-0.2, 0) is 4.79 Å². The second-order valence-electron chi connectivity index (χ2n) is 9.17. The van der Waals surface area contributed by atoms with Gasteiger partial charge in [0, 0.05) is 37.8 Å². The van der Waals surface area contributed by atoms with Crippen molar-refractivity contribution in [3.63, 3.8) is 0 Å². The highest BCUT2D eigenvalue weighted by Crippen LogP contribution is 2.45. The number of aromatic nitrogens is 1. The summed E-state index contributed by atoms with van der Waals surface area (Å²) in [6.45, 7) is 4.42. The van der Waals surface area contributed by atoms with Gasteiger partial charge in [0.1, 0.15) is 11.6 Å². The van der Waals surface area contributed by atoms with Crippen LogP contribution in [0.4, 0.5) is 11.7 Å². The molecule has 0 radical (unpaired) electrons. The minimum atomic E-state index is -0.810. The van der Waals surface area contributed by atoms with Gasteiger partial charge in [0.15, 0.2) is 5.58 Å². The van der Waals surface area contributed by atoms with Gasteiger partial charge in [-0.25, -0.2) is 0 Å². The lowest BCUT2D eigenvalue weighted by Crippen LogP contribution is -2.50. The van der Waals surface area contributed by atoms with Crippen LogP contribution in [0.15, 0.2) is 34.7 Å². The largest absolute Gasteiger partial charge is 0.481 e. The first-order chi connectivity index (χ1) is 15.9. The SMILES string of the molecule is Cc1c(-c2ccccc2)c(N2CCC(N(C)C)C2)c2oc(N3CC(C(=O)O)C3)nc2c1C#N. The predicted molar refractivity (Wildman–Crippen MR) is 127 cm³/mol. The van der Waals surface area contributed by atoms with E-state index in [-0.39, 0.29) is 0 Å². The molecule has 1 aromatic heterocycles. The standard InChI is InChI=1S/C25H27N5O3/c1-15-19(11-26)21-23(33-25(27-21)30-12-17(13-30)24(31)32)22(20(15)16-7-5-4-6-8-16)29-10-9-18(14-29)28(2)3/h4-8,17-18H,9-10,12-14H2,1-3H3,(H,31,32). The topological polar surface area (TPSA) is 96.8 Å². The number of likely N-dealkylation sites (N-methyl/N-ethyl adjacent to an activating group) is 1. The van der Waals surface area contributed by atoms with E-state index in [0.29, 0.717) is 41.8 Å². The minimum absolute atomic E-state index is 0.357. The van der Waals surface area contributed by atoms with E-state index in [0.717, 1.165) is 41.9 Å². The Morgan fingerprint density at radius 1 is 1.21 bits per heavy atom. The highest BCUT2D eigenvalue weighted by Gasteiger charge is 2.37. The highest BCUT2D eigenvalue weighted by atomic mass is 16.4. The Hall–Kier alpha value is -3.57. The van der Waals surface area contributed by atoms with E-state index >= 15 is 0 Å². The molecule has 1 N–H and O–H groups in total. The summed E-state index contributed by atoms with van der Waals surface area (Å²) < 4.78 is 6.31. The fraction of sp³-hybridized carbons (Fsp3) is 0.400. The maximum atomic E-state index is 11.3. The van der Waals surface area contributed by atoms with Crippen molar-refractivity contribution in [1.82, 2.24) is 9.88 Å². The number of hydrogen-bond donors (Lipinski definition) is 1. The third-order valence-corrected chi connectivity index (χ3v) is 6.94. The van der Waals surface area contributed by atoms with Crippen molar-refractivity contribution in [2.24, 2.45) is 5.92 Å². The zero-order chi connectivity index (χ0) is 23.3. The van der Waals surface area contributed by atoms with Crippen molar-refractivity contribution >= 4 is 28.8 Å². The average Bonchev–Trinajstić information content (AvgIpc) is 3.40. The molecule has 3 aromatic rings. The van der Waals surface area contributed by atoms with Gasteiger partial charge >= 0.3 is 5.97 Å². The van der Waals surface area contributed by atoms with E-state index < -0.39 is 11.9 Å². The number of aliphatic carboxylic acids is 1. The lowest BCUT2D eigenvalue weighted by Gasteiger charge is -2.35. The molecule has 0 bridgehead atoms. The summed E-state index contributed by atoms with van der Waals surface area (Å²) in [5.41, 5.74) is 5.52. The number of nitrogens with zero attached hydrogens (tertiary/aromatic N) is 5. The highest BCUT2D eigenvalue weighted by molar-refractivity contribution is 6.03. The van der Waals surface area contributed by atoms with Gasteiger partial charge in [-0.05, 0) is 38.6 Å². The molecule has 2 aliphatic rings. The summed E-state index contributed by atoms with van der Waals surface area (Å²) in [6.07, 6.45) is 1.04. The predicted octanol–water partition coefficient (Wildman–Crippen LogP) is 3.34. The van der Waals surface area contributed by atoms with Gasteiger partial charge in [-0.2, -0.15) is 10.2 Å². The monoisotopic (exact) mass is 445 g/mol. The molecule has 33 heavy (non-hydrogen) atoms. The molecule has 170 valence electrons. The fourth-order valence-electron chi connectivity index (χ4n) is 4.92. The molecular weight excluding hydrogens is 418 g/mol. The van der Waals surface area contributed by atoms with Crippen LogP contribution >= 0.6 is 0 Å². The van der Waals surface area contributed by atoms with Crippen LogP contribution in [-0.4, -0.2) is 67.3 Å². The van der Waals surface area contributed by atoms with Crippen LogP contribution in [0.2, 0.25) is 0 Å². The average molecular weight is 446 g/mol. The summed E-state index contributed by atoms with van der Waals surface area (Å²) in [6, 6.07) is 13.3. The number of nitriles is 1. The Morgan fingerprint density at radius 3 is 2.55 bits per heavy atom. The lowest BCUT2D eigenvalue weighted by atomic mass is 9.93. The Bertz CT molecular complexity index is 1250. The van der Waals surface area contributed by atoms with Crippen LogP contribution < -0.4 is 9.80 Å². The molecule has 8 nitrogen and oxygen atoms in total. The number of carbonyl (C=O) groups is 1. The van der Waals surface area contributed by atoms with Crippen molar-refractivity contribution in [2.75, 3.05) is 50.1 Å². The molecule has 2 saturated heterocycles. The second kappa shape index (κ2) is 8.09. The number of benzene rings is 2. The first-order valence-electron chi connectivity index (χ1n) is 11.2. The van der Waals surface area contributed by atoms with Gasteiger partial charge in [-0.3, -0.25) is 4.79 Å². The zero-order valence-corrected chi connectivity index (χ0v) is 19.1. The molecule has 0 saturated carbocycles. The quantitative estimate of drug-likeness (QED) is 0.639. The Balaban J connectivity index is 1.70. The van der Waals surface area contributed by atoms with E-state index in [9.17, 15) is 15.2 Å². The van der Waals surface area contributed by atoms with Gasteiger partial charge < -0.3 is 24.2 Å². The number of hydrogen-bond acceptors (Lipinski definition) is 7. The van der Waals surface area contributed by atoms with Crippen molar-refractivity contribution in [2.45, 2.75) is 19.4 Å². The summed E-state index contributed by atoms with van der Waals surface area (Å²) in [7, 11) is 4.20. The summed E-state index contributed by atoms with van der Waals surface area (Å²) >= 11 is 0. The van der Waals surface area contributed by atoms with Crippen LogP contribution in [0.25, 0.3) is 22.2 Å². The number of oxazole rings is 1. The summed E-state index contributed by atoms with van der Waals surface area (Å²) in [5, 5.41) is 19.3. The first kappa shape index (κ1) is 21.3. The van der Waals surface area contributed by atoms with E-state index in [4.69, 9.17) is 4.42 Å². The van der Waals surface area contributed by atoms with E-state index in [2.05, 4.69) is 47.1 Å². The fourth-order valence-corrected chi connectivity index (χ4v) is 4.92. The lowest BCUT2D eigenvalue weighted by molar-refractivity contribution is -0.142. The molecule has 0 amide bonds. The van der Waals surface area contributed by atoms with Gasteiger partial charge in [0.05, 0.1) is 17.2 Å². The number of anilines is 2. The molecule has 0 spiro atoms.